The van der Waals surface area contributed by atoms with Crippen molar-refractivity contribution in [1.29, 1.82) is 0 Å². The summed E-state index contributed by atoms with van der Waals surface area (Å²) in [6, 6.07) is 0. The summed E-state index contributed by atoms with van der Waals surface area (Å²) in [5.41, 5.74) is 2.26. The molecule has 2 unspecified atom stereocenters. The third-order valence-electron chi connectivity index (χ3n) is 3.26. The summed E-state index contributed by atoms with van der Waals surface area (Å²) < 4.78 is 34.1. The van der Waals surface area contributed by atoms with E-state index in [2.05, 4.69) is 12.2 Å². The summed E-state index contributed by atoms with van der Waals surface area (Å²) >= 11 is 1.47. The number of hydrogen-bond donors (Lipinski definition) is 1. The van der Waals surface area contributed by atoms with Crippen LogP contribution in [0.3, 0.4) is 0 Å². The molecule has 25 heavy (non-hydrogen) atoms. The molecule has 2 atom stereocenters. The van der Waals surface area contributed by atoms with Gasteiger partial charge in [-0.15, -0.1) is 11.8 Å². The van der Waals surface area contributed by atoms with Crippen molar-refractivity contribution < 1.29 is 38.4 Å². The van der Waals surface area contributed by atoms with E-state index in [4.69, 9.17) is 17.5 Å². The Bertz CT molecular complexity index is 706. The van der Waals surface area contributed by atoms with Gasteiger partial charge in [0.25, 0.3) is 0 Å². The van der Waals surface area contributed by atoms with E-state index in [1.165, 1.54) is 17.3 Å². The van der Waals surface area contributed by atoms with Gasteiger partial charge in [-0.05, 0) is 23.4 Å². The third kappa shape index (κ3) is 7.41. The van der Waals surface area contributed by atoms with Crippen LogP contribution < -0.4 is 0 Å². The summed E-state index contributed by atoms with van der Waals surface area (Å²) in [6.07, 6.45) is 10.3. The van der Waals surface area contributed by atoms with E-state index in [9.17, 15) is 9.90 Å². The SMILES string of the molecule is CN1C=CC2C=CC=C3SC(C(=O)O)C(=C32)C1.O.O.O=S(=O)([O-])[O-].[Ca+2]. The maximum atomic E-state index is 11.3. The Balaban J connectivity index is 0. The van der Waals surface area contributed by atoms with Crippen molar-refractivity contribution in [2.45, 2.75) is 5.25 Å². The molecule has 0 radical (unpaired) electrons. The van der Waals surface area contributed by atoms with Crippen LogP contribution in [0.1, 0.15) is 0 Å². The number of thioether (sulfide) groups is 1. The second-order valence-corrected chi connectivity index (χ2v) is 6.84. The minimum absolute atomic E-state index is 0. The van der Waals surface area contributed by atoms with Gasteiger partial charge < -0.3 is 30.1 Å². The molecular weight excluding hydrogens is 402 g/mol. The number of nitrogens with zero attached hydrogens (tertiary/aromatic N) is 1. The largest absolute Gasteiger partial charge is 2.00 e. The molecule has 0 fully saturated rings. The Morgan fingerprint density at radius 3 is 2.40 bits per heavy atom. The second kappa shape index (κ2) is 10.7. The van der Waals surface area contributed by atoms with Gasteiger partial charge in [0.2, 0.25) is 0 Å². The molecule has 3 rings (SSSR count). The quantitative estimate of drug-likeness (QED) is 0.307. The van der Waals surface area contributed by atoms with E-state index in [0.29, 0.717) is 6.54 Å². The topological polar surface area (TPSA) is 184 Å². The fraction of sp³-hybridized carbons (Fsp3) is 0.308. The molecule has 136 valence electrons. The molecule has 0 aromatic rings. The first-order valence-electron chi connectivity index (χ1n) is 6.23. The van der Waals surface area contributed by atoms with Crippen LogP contribution in [-0.2, 0) is 15.2 Å². The molecule has 0 aromatic carbocycles. The zero-order valence-electron chi connectivity index (χ0n) is 13.2. The van der Waals surface area contributed by atoms with E-state index >= 15 is 0 Å². The van der Waals surface area contributed by atoms with E-state index in [1.807, 2.05) is 30.3 Å². The van der Waals surface area contributed by atoms with Crippen molar-refractivity contribution in [2.24, 2.45) is 5.92 Å². The fourth-order valence-electron chi connectivity index (χ4n) is 2.52. The number of carboxylic acid groups (broad SMARTS) is 1. The van der Waals surface area contributed by atoms with E-state index < -0.39 is 21.6 Å². The number of likely N-dealkylation sites (N-methyl/N-ethyl adjacent to an activating group) is 1. The van der Waals surface area contributed by atoms with Crippen molar-refractivity contribution in [3.8, 4) is 0 Å². The molecule has 0 bridgehead atoms. The van der Waals surface area contributed by atoms with Gasteiger partial charge in [-0.25, -0.2) is 0 Å². The van der Waals surface area contributed by atoms with Crippen molar-refractivity contribution >= 4 is 65.9 Å². The Morgan fingerprint density at radius 1 is 1.32 bits per heavy atom. The molecule has 0 spiro atoms. The Labute approximate surface area is 179 Å². The van der Waals surface area contributed by atoms with Gasteiger partial charge in [-0.2, -0.15) is 0 Å². The smallest absolute Gasteiger partial charge is 0.759 e. The first kappa shape index (κ1) is 26.9. The Kier molecular flexibility index (Phi) is 11.5. The predicted molar refractivity (Wildman–Crippen MR) is 92.0 cm³/mol. The zero-order valence-corrected chi connectivity index (χ0v) is 17.0. The van der Waals surface area contributed by atoms with Gasteiger partial charge in [0.05, 0.1) is 0 Å². The average molecular weight is 419 g/mol. The van der Waals surface area contributed by atoms with Crippen LogP contribution >= 0.6 is 11.8 Å². The van der Waals surface area contributed by atoms with Gasteiger partial charge in [-0.1, -0.05) is 18.2 Å². The van der Waals surface area contributed by atoms with Gasteiger partial charge in [-0.3, -0.25) is 13.2 Å². The number of carbonyl (C=O) groups is 1. The first-order valence-corrected chi connectivity index (χ1v) is 8.44. The molecule has 12 heteroatoms. The van der Waals surface area contributed by atoms with Crippen LogP contribution in [-0.4, -0.2) is 101 Å². The minimum Gasteiger partial charge on any atom is -0.759 e. The predicted octanol–water partition coefficient (Wildman–Crippen LogP) is -1.36. The maximum absolute atomic E-state index is 11.3. The fourth-order valence-corrected chi connectivity index (χ4v) is 3.77. The van der Waals surface area contributed by atoms with Crippen LogP contribution in [0, 0.1) is 5.92 Å². The van der Waals surface area contributed by atoms with Gasteiger partial charge in [0.15, 0.2) is 0 Å². The summed E-state index contributed by atoms with van der Waals surface area (Å²) in [5.74, 6) is -0.492. The molecule has 2 heterocycles. The monoisotopic (exact) mass is 419 g/mol. The zero-order chi connectivity index (χ0) is 16.5. The standard InChI is InChI=1S/C13H13NO2S.Ca.H2O4S.2H2O/c1-14-6-5-8-3-2-4-10-11(8)9(7-14)12(17-10)13(15)16;;1-5(2,3)4;;/h2-6,8,12H,7H2,1H3,(H,15,16);;(H2,1,2,3,4);2*1H2/q;+2;;;/p-2. The Hall–Kier alpha value is -0.370. The molecule has 0 aromatic heterocycles. The summed E-state index contributed by atoms with van der Waals surface area (Å²) in [4.78, 5) is 14.5. The normalized spacial score (nSPS) is 22.8. The van der Waals surface area contributed by atoms with E-state index in [-0.39, 0.29) is 54.6 Å². The minimum atomic E-state index is -5.17. The summed E-state index contributed by atoms with van der Waals surface area (Å²) in [5, 5.41) is 8.89. The van der Waals surface area contributed by atoms with Gasteiger partial charge in [0, 0.05) is 34.8 Å². The van der Waals surface area contributed by atoms with Crippen LogP contribution in [0.15, 0.2) is 46.6 Å². The van der Waals surface area contributed by atoms with Crippen molar-refractivity contribution in [3.05, 3.63) is 46.6 Å². The van der Waals surface area contributed by atoms with Gasteiger partial charge >= 0.3 is 43.7 Å². The van der Waals surface area contributed by atoms with E-state index in [1.54, 1.807) is 0 Å². The first-order chi connectivity index (χ1) is 10.2. The second-order valence-electron chi connectivity index (χ2n) is 4.88. The van der Waals surface area contributed by atoms with Crippen molar-refractivity contribution in [3.63, 3.8) is 0 Å². The van der Waals surface area contributed by atoms with Crippen molar-refractivity contribution in [1.82, 2.24) is 4.90 Å². The molecule has 9 nitrogen and oxygen atoms in total. The summed E-state index contributed by atoms with van der Waals surface area (Å²) in [6.45, 7) is 0.706. The molecule has 1 aliphatic carbocycles. The van der Waals surface area contributed by atoms with Crippen LogP contribution in [0.4, 0.5) is 0 Å². The van der Waals surface area contributed by atoms with Crippen LogP contribution in [0.25, 0.3) is 0 Å². The maximum Gasteiger partial charge on any atom is 2.00 e. The molecule has 5 N–H and O–H groups in total. The number of carboxylic acids is 1. The average Bonchev–Trinajstić information content (AvgIpc) is 2.64. The number of aliphatic carboxylic acids is 1. The van der Waals surface area contributed by atoms with Crippen LogP contribution in [0.5, 0.6) is 0 Å². The number of rotatable bonds is 1. The number of hydrogen-bond acceptors (Lipinski definition) is 7. The molecule has 2 aliphatic heterocycles. The molecule has 0 saturated carbocycles. The molecule has 3 aliphatic rings. The molecule has 0 amide bonds. The summed E-state index contributed by atoms with van der Waals surface area (Å²) in [7, 11) is -3.18. The third-order valence-corrected chi connectivity index (χ3v) is 4.60. The van der Waals surface area contributed by atoms with Crippen molar-refractivity contribution in [2.75, 3.05) is 13.6 Å². The van der Waals surface area contributed by atoms with Gasteiger partial charge in [0.1, 0.15) is 5.25 Å². The van der Waals surface area contributed by atoms with E-state index in [0.717, 1.165) is 10.5 Å². The Morgan fingerprint density at radius 2 is 1.88 bits per heavy atom. The molecular formula is C13H17CaNO8S2. The van der Waals surface area contributed by atoms with Crippen LogP contribution in [0.2, 0.25) is 0 Å². The number of allylic oxidation sites excluding steroid dienone is 5. The molecule has 0 saturated heterocycles.